The summed E-state index contributed by atoms with van der Waals surface area (Å²) in [4.78, 5) is 29.7. The van der Waals surface area contributed by atoms with Crippen molar-refractivity contribution in [1.29, 1.82) is 0 Å². The Morgan fingerprint density at radius 1 is 0.929 bits per heavy atom. The average molecular weight is 455 g/mol. The van der Waals surface area contributed by atoms with Gasteiger partial charge in [-0.05, 0) is 25.1 Å². The molecule has 0 aliphatic rings. The normalized spacial score (nSPS) is 13.2. The van der Waals surface area contributed by atoms with Gasteiger partial charge in [-0.2, -0.15) is 0 Å². The lowest BCUT2D eigenvalue weighted by atomic mass is 10.4. The second-order valence-electron chi connectivity index (χ2n) is 5.25. The monoisotopic (exact) mass is 455 g/mol. The molecule has 0 saturated carbocycles. The third-order valence-electron chi connectivity index (χ3n) is 3.03. The molecule has 0 aliphatic carbocycles. The van der Waals surface area contributed by atoms with Crippen molar-refractivity contribution >= 4 is 48.2 Å². The minimum Gasteiger partial charge on any atom is -0.437 e. The van der Waals surface area contributed by atoms with Crippen molar-refractivity contribution in [3.8, 4) is 0 Å². The lowest BCUT2D eigenvalue weighted by Gasteiger charge is -2.16. The molecule has 0 bridgehead atoms. The van der Waals surface area contributed by atoms with Gasteiger partial charge in [-0.25, -0.2) is 39.5 Å². The van der Waals surface area contributed by atoms with E-state index in [9.17, 15) is 39.6 Å². The number of carbonyl (C=O) groups excluding carboxylic acids is 3. The number of sulfone groups is 1. The Labute approximate surface area is 161 Å². The molecule has 2 N–H and O–H groups in total. The Morgan fingerprint density at radius 2 is 1.43 bits per heavy atom. The molecule has 2 amide bonds. The summed E-state index contributed by atoms with van der Waals surface area (Å²) in [5, 5.41) is 0. The van der Waals surface area contributed by atoms with Crippen LogP contribution in [-0.2, 0) is 49.0 Å². The van der Waals surface area contributed by atoms with Crippen molar-refractivity contribution < 1.29 is 44.4 Å². The maximum Gasteiger partial charge on any atom is 0.418 e. The Kier molecular flexibility index (Phi) is 6.92. The summed E-state index contributed by atoms with van der Waals surface area (Å²) in [7, 11) is -14.0. The first-order chi connectivity index (χ1) is 12.6. The van der Waals surface area contributed by atoms with Crippen LogP contribution >= 0.6 is 0 Å². The van der Waals surface area contributed by atoms with Crippen molar-refractivity contribution in [1.82, 2.24) is 9.44 Å². The molecule has 12 nitrogen and oxygen atoms in total. The van der Waals surface area contributed by atoms with Crippen LogP contribution in [0.1, 0.15) is 20.8 Å². The number of benzene rings is 1. The number of amides is 2. The lowest BCUT2D eigenvalue weighted by molar-refractivity contribution is -0.118. The lowest BCUT2D eigenvalue weighted by Crippen LogP contribution is -2.32. The molecule has 155 valence electrons. The first kappa shape index (κ1) is 23.5. The van der Waals surface area contributed by atoms with E-state index in [-0.39, 0.29) is 0 Å². The van der Waals surface area contributed by atoms with Crippen LogP contribution in [0.25, 0.3) is 0 Å². The number of sulfonamides is 2. The van der Waals surface area contributed by atoms with Gasteiger partial charge in [0, 0.05) is 13.8 Å². The van der Waals surface area contributed by atoms with Crippen LogP contribution in [0.2, 0.25) is 0 Å². The molecule has 0 saturated heterocycles. The third-order valence-corrected chi connectivity index (χ3v) is 8.00. The zero-order valence-corrected chi connectivity index (χ0v) is 17.1. The molecule has 28 heavy (non-hydrogen) atoms. The highest BCUT2D eigenvalue weighted by atomic mass is 32.2. The SMILES string of the molecule is CC(=O)NS(=O)(=O)c1ccc(S(=O)(=O)C(C)O[C]=O)c(S(=O)(=O)NC(C)=O)c1. The summed E-state index contributed by atoms with van der Waals surface area (Å²) in [6, 6.07) is 1.80. The zero-order valence-electron chi connectivity index (χ0n) is 14.6. The highest BCUT2D eigenvalue weighted by molar-refractivity contribution is 7.94. The van der Waals surface area contributed by atoms with Crippen LogP contribution in [0, 0.1) is 0 Å². The maximum atomic E-state index is 12.5. The van der Waals surface area contributed by atoms with Crippen molar-refractivity contribution in [2.24, 2.45) is 0 Å². The van der Waals surface area contributed by atoms with Gasteiger partial charge in [0.2, 0.25) is 27.1 Å². The zero-order chi connectivity index (χ0) is 21.9. The molecule has 1 aromatic carbocycles. The number of nitrogens with one attached hydrogen (secondary N) is 2. The summed E-state index contributed by atoms with van der Waals surface area (Å²) < 4.78 is 81.3. The predicted octanol–water partition coefficient (Wildman–Crippen LogP) is -1.46. The van der Waals surface area contributed by atoms with Crippen molar-refractivity contribution in [3.05, 3.63) is 18.2 Å². The van der Waals surface area contributed by atoms with Crippen LogP contribution < -0.4 is 9.44 Å². The minimum absolute atomic E-state index is 0.445. The Balaban J connectivity index is 3.83. The molecule has 0 spiro atoms. The van der Waals surface area contributed by atoms with Crippen molar-refractivity contribution in [2.45, 2.75) is 40.9 Å². The number of rotatable bonds is 8. The molecular weight excluding hydrogens is 440 g/mol. The molecule has 1 rings (SSSR count). The average Bonchev–Trinajstić information content (AvgIpc) is 2.52. The number of hydrogen-bond donors (Lipinski definition) is 2. The van der Waals surface area contributed by atoms with Crippen molar-refractivity contribution in [2.75, 3.05) is 0 Å². The fourth-order valence-electron chi connectivity index (χ4n) is 1.90. The van der Waals surface area contributed by atoms with E-state index in [1.54, 1.807) is 4.72 Å². The van der Waals surface area contributed by atoms with Gasteiger partial charge >= 0.3 is 6.47 Å². The molecule has 0 aromatic heterocycles. The van der Waals surface area contributed by atoms with E-state index >= 15 is 0 Å². The molecule has 15 heteroatoms. The van der Waals surface area contributed by atoms with Crippen molar-refractivity contribution in [3.63, 3.8) is 0 Å². The van der Waals surface area contributed by atoms with Gasteiger partial charge in [0.25, 0.3) is 20.0 Å². The van der Waals surface area contributed by atoms with Crippen LogP contribution in [0.4, 0.5) is 0 Å². The van der Waals surface area contributed by atoms with E-state index in [0.29, 0.717) is 12.1 Å². The summed E-state index contributed by atoms with van der Waals surface area (Å²) in [6.45, 7) is 3.53. The Hall–Kier alpha value is -2.52. The highest BCUT2D eigenvalue weighted by Crippen LogP contribution is 2.27. The number of hydrogen-bond acceptors (Lipinski definition) is 10. The van der Waals surface area contributed by atoms with E-state index in [4.69, 9.17) is 0 Å². The maximum absolute atomic E-state index is 12.5. The first-order valence-corrected chi connectivity index (χ1v) is 11.6. The van der Waals surface area contributed by atoms with Gasteiger partial charge in [0.05, 0.1) is 9.79 Å². The minimum atomic E-state index is -4.84. The molecule has 1 unspecified atom stereocenters. The van der Waals surface area contributed by atoms with Crippen LogP contribution in [-0.4, -0.2) is 49.0 Å². The number of ether oxygens (including phenoxy) is 1. The van der Waals surface area contributed by atoms with E-state index in [2.05, 4.69) is 4.74 Å². The second-order valence-corrected chi connectivity index (χ2v) is 10.8. The summed E-state index contributed by atoms with van der Waals surface area (Å²) in [5.74, 6) is -2.06. The largest absolute Gasteiger partial charge is 0.437 e. The van der Waals surface area contributed by atoms with E-state index in [1.165, 1.54) is 4.72 Å². The third kappa shape index (κ3) is 5.26. The quantitative estimate of drug-likeness (QED) is 0.469. The topological polar surface area (TPSA) is 187 Å². The summed E-state index contributed by atoms with van der Waals surface area (Å²) >= 11 is 0. The van der Waals surface area contributed by atoms with Gasteiger partial charge in [-0.1, -0.05) is 0 Å². The Morgan fingerprint density at radius 3 is 1.89 bits per heavy atom. The fourth-order valence-corrected chi connectivity index (χ4v) is 5.90. The molecule has 0 aliphatic heterocycles. The highest BCUT2D eigenvalue weighted by Gasteiger charge is 2.34. The van der Waals surface area contributed by atoms with E-state index in [1.807, 2.05) is 0 Å². The van der Waals surface area contributed by atoms with E-state index < -0.39 is 61.8 Å². The standard InChI is InChI=1S/C13H15N2O10S3/c1-8(17)14-27(21,22)11-4-5-12(26(19,20)10(3)25-7-16)13(6-11)28(23,24)15-9(2)18/h4-6,10H,1-3H3,(H,14,17)(H,15,18). The first-order valence-electron chi connectivity index (χ1n) is 7.12. The van der Waals surface area contributed by atoms with Gasteiger partial charge in [0.15, 0.2) is 0 Å². The predicted molar refractivity (Wildman–Crippen MR) is 91.9 cm³/mol. The molecule has 1 atom stereocenters. The molecule has 0 heterocycles. The molecular formula is C13H15N2O10S3. The van der Waals surface area contributed by atoms with Gasteiger partial charge < -0.3 is 4.74 Å². The van der Waals surface area contributed by atoms with Crippen LogP contribution in [0.5, 0.6) is 0 Å². The summed E-state index contributed by atoms with van der Waals surface area (Å²) in [5.41, 5.74) is -1.87. The molecule has 1 radical (unpaired) electrons. The van der Waals surface area contributed by atoms with E-state index in [0.717, 1.165) is 33.3 Å². The fraction of sp³-hybridized carbons (Fsp3) is 0.308. The smallest absolute Gasteiger partial charge is 0.418 e. The number of carbonyl (C=O) groups is 2. The van der Waals surface area contributed by atoms with Gasteiger partial charge in [-0.15, -0.1) is 0 Å². The molecule has 0 fully saturated rings. The second kappa shape index (κ2) is 8.24. The summed E-state index contributed by atoms with van der Waals surface area (Å²) in [6.07, 6.45) is 0. The van der Waals surface area contributed by atoms with Gasteiger partial charge in [0.1, 0.15) is 4.90 Å². The molecule has 1 aromatic rings. The van der Waals surface area contributed by atoms with Gasteiger partial charge in [-0.3, -0.25) is 9.59 Å². The van der Waals surface area contributed by atoms with Crippen LogP contribution in [0.15, 0.2) is 32.9 Å². The Bertz CT molecular complexity index is 1120. The van der Waals surface area contributed by atoms with Crippen LogP contribution in [0.3, 0.4) is 0 Å².